The van der Waals surface area contributed by atoms with E-state index in [1.54, 1.807) is 12.1 Å². The Bertz CT molecular complexity index is 579. The molecule has 0 bridgehead atoms. The van der Waals surface area contributed by atoms with E-state index in [1.165, 1.54) is 11.3 Å². The van der Waals surface area contributed by atoms with E-state index in [1.807, 2.05) is 23.7 Å². The van der Waals surface area contributed by atoms with Crippen molar-refractivity contribution in [3.8, 4) is 0 Å². The lowest BCUT2D eigenvalue weighted by atomic mass is 9.79. The standard InChI is InChI=1S/C14H19BN2O2/c1-4-14-10(2)16-17(11(14)3)9-12-6-5-7-13(8-12)15(18)19/h5-8,18-19H,4,9H2,1-3H3. The molecule has 1 aromatic carbocycles. The Morgan fingerprint density at radius 2 is 2.00 bits per heavy atom. The molecule has 1 heterocycles. The van der Waals surface area contributed by atoms with Crippen molar-refractivity contribution in [2.75, 3.05) is 0 Å². The minimum Gasteiger partial charge on any atom is -0.423 e. The van der Waals surface area contributed by atoms with Gasteiger partial charge < -0.3 is 10.0 Å². The zero-order valence-corrected chi connectivity index (χ0v) is 11.6. The minimum atomic E-state index is -1.42. The van der Waals surface area contributed by atoms with Gasteiger partial charge in [0.2, 0.25) is 0 Å². The summed E-state index contributed by atoms with van der Waals surface area (Å²) in [7, 11) is -1.42. The normalized spacial score (nSPS) is 10.8. The Morgan fingerprint density at radius 1 is 1.26 bits per heavy atom. The molecule has 0 radical (unpaired) electrons. The van der Waals surface area contributed by atoms with Gasteiger partial charge in [0, 0.05) is 5.69 Å². The molecule has 0 spiro atoms. The zero-order chi connectivity index (χ0) is 14.0. The number of hydrogen-bond donors (Lipinski definition) is 2. The first-order chi connectivity index (χ1) is 9.02. The van der Waals surface area contributed by atoms with Crippen LogP contribution < -0.4 is 5.46 Å². The van der Waals surface area contributed by atoms with Crippen LogP contribution in [-0.2, 0) is 13.0 Å². The van der Waals surface area contributed by atoms with E-state index in [4.69, 9.17) is 0 Å². The van der Waals surface area contributed by atoms with Crippen molar-refractivity contribution in [1.29, 1.82) is 0 Å². The Hall–Kier alpha value is -1.59. The van der Waals surface area contributed by atoms with Crippen molar-refractivity contribution in [2.45, 2.75) is 33.7 Å². The highest BCUT2D eigenvalue weighted by Gasteiger charge is 2.13. The van der Waals surface area contributed by atoms with Crippen molar-refractivity contribution in [3.63, 3.8) is 0 Å². The van der Waals surface area contributed by atoms with Crippen LogP contribution in [0.25, 0.3) is 0 Å². The van der Waals surface area contributed by atoms with Crippen LogP contribution in [0.5, 0.6) is 0 Å². The van der Waals surface area contributed by atoms with Gasteiger partial charge in [0.15, 0.2) is 0 Å². The van der Waals surface area contributed by atoms with Crippen LogP contribution >= 0.6 is 0 Å². The Balaban J connectivity index is 2.29. The maximum atomic E-state index is 9.19. The topological polar surface area (TPSA) is 58.3 Å². The Kier molecular flexibility index (Phi) is 4.07. The fourth-order valence-corrected chi connectivity index (χ4v) is 2.42. The summed E-state index contributed by atoms with van der Waals surface area (Å²) < 4.78 is 1.97. The van der Waals surface area contributed by atoms with Crippen molar-refractivity contribution in [1.82, 2.24) is 9.78 Å². The summed E-state index contributed by atoms with van der Waals surface area (Å²) in [6.45, 7) is 6.87. The smallest absolute Gasteiger partial charge is 0.423 e. The largest absolute Gasteiger partial charge is 0.488 e. The molecule has 0 aliphatic carbocycles. The van der Waals surface area contributed by atoms with E-state index < -0.39 is 7.12 Å². The molecule has 19 heavy (non-hydrogen) atoms. The lowest BCUT2D eigenvalue weighted by molar-refractivity contribution is 0.425. The van der Waals surface area contributed by atoms with E-state index in [9.17, 15) is 10.0 Å². The molecule has 0 aliphatic heterocycles. The van der Waals surface area contributed by atoms with Gasteiger partial charge in [0.05, 0.1) is 12.2 Å². The lowest BCUT2D eigenvalue weighted by Gasteiger charge is -2.07. The van der Waals surface area contributed by atoms with Gasteiger partial charge in [-0.2, -0.15) is 5.10 Å². The van der Waals surface area contributed by atoms with E-state index in [0.717, 1.165) is 17.7 Å². The summed E-state index contributed by atoms with van der Waals surface area (Å²) in [5, 5.41) is 22.9. The second-order valence-electron chi connectivity index (χ2n) is 4.78. The van der Waals surface area contributed by atoms with Crippen LogP contribution in [0.15, 0.2) is 24.3 Å². The van der Waals surface area contributed by atoms with Crippen LogP contribution in [0.4, 0.5) is 0 Å². The molecule has 4 nitrogen and oxygen atoms in total. The third kappa shape index (κ3) is 2.88. The molecule has 5 heteroatoms. The van der Waals surface area contributed by atoms with Crippen molar-refractivity contribution in [3.05, 3.63) is 46.8 Å². The van der Waals surface area contributed by atoms with Crippen LogP contribution in [-0.4, -0.2) is 26.9 Å². The van der Waals surface area contributed by atoms with Crippen LogP contribution in [0.1, 0.15) is 29.4 Å². The molecule has 0 aliphatic rings. The summed E-state index contributed by atoms with van der Waals surface area (Å²) in [6, 6.07) is 7.30. The maximum Gasteiger partial charge on any atom is 0.488 e. The molecular formula is C14H19BN2O2. The van der Waals surface area contributed by atoms with Gasteiger partial charge in [-0.05, 0) is 36.9 Å². The Labute approximate surface area is 113 Å². The predicted octanol–water partition coefficient (Wildman–Crippen LogP) is 0.790. The number of rotatable bonds is 4. The minimum absolute atomic E-state index is 0.509. The van der Waals surface area contributed by atoms with E-state index in [-0.39, 0.29) is 0 Å². The second-order valence-corrected chi connectivity index (χ2v) is 4.78. The average molecular weight is 258 g/mol. The first kappa shape index (κ1) is 13.8. The third-order valence-electron chi connectivity index (χ3n) is 3.47. The van der Waals surface area contributed by atoms with E-state index >= 15 is 0 Å². The molecule has 0 amide bonds. The number of aryl methyl sites for hydroxylation is 1. The Morgan fingerprint density at radius 3 is 2.58 bits per heavy atom. The maximum absolute atomic E-state index is 9.19. The molecule has 0 unspecified atom stereocenters. The summed E-state index contributed by atoms with van der Waals surface area (Å²) in [6.07, 6.45) is 0.979. The molecule has 0 atom stereocenters. The zero-order valence-electron chi connectivity index (χ0n) is 11.6. The monoisotopic (exact) mass is 258 g/mol. The molecule has 2 N–H and O–H groups in total. The van der Waals surface area contributed by atoms with Crippen molar-refractivity contribution >= 4 is 12.6 Å². The van der Waals surface area contributed by atoms with Crippen LogP contribution in [0, 0.1) is 13.8 Å². The van der Waals surface area contributed by atoms with Gasteiger partial charge in [0.1, 0.15) is 0 Å². The van der Waals surface area contributed by atoms with Gasteiger partial charge in [-0.3, -0.25) is 4.68 Å². The quantitative estimate of drug-likeness (QED) is 0.797. The van der Waals surface area contributed by atoms with Gasteiger partial charge in [0.25, 0.3) is 0 Å². The second kappa shape index (κ2) is 5.59. The fraction of sp³-hybridized carbons (Fsp3) is 0.357. The summed E-state index contributed by atoms with van der Waals surface area (Å²) >= 11 is 0. The van der Waals surface area contributed by atoms with E-state index in [2.05, 4.69) is 18.9 Å². The molecule has 0 fully saturated rings. The molecule has 2 rings (SSSR count). The number of benzene rings is 1. The highest BCUT2D eigenvalue weighted by molar-refractivity contribution is 6.58. The molecule has 2 aromatic rings. The van der Waals surface area contributed by atoms with Gasteiger partial charge >= 0.3 is 7.12 Å². The molecular weight excluding hydrogens is 239 g/mol. The summed E-state index contributed by atoms with van der Waals surface area (Å²) in [5.41, 5.74) is 5.06. The van der Waals surface area contributed by atoms with Crippen LogP contribution in [0.3, 0.4) is 0 Å². The first-order valence-electron chi connectivity index (χ1n) is 6.50. The molecule has 100 valence electrons. The van der Waals surface area contributed by atoms with Crippen molar-refractivity contribution < 1.29 is 10.0 Å². The average Bonchev–Trinajstić information content (AvgIpc) is 2.64. The first-order valence-corrected chi connectivity index (χ1v) is 6.50. The number of aromatic nitrogens is 2. The SMILES string of the molecule is CCc1c(C)nn(Cc2cccc(B(O)O)c2)c1C. The third-order valence-corrected chi connectivity index (χ3v) is 3.47. The van der Waals surface area contributed by atoms with Crippen molar-refractivity contribution in [2.24, 2.45) is 0 Å². The van der Waals surface area contributed by atoms with Gasteiger partial charge in [-0.1, -0.05) is 31.2 Å². The lowest BCUT2D eigenvalue weighted by Crippen LogP contribution is -2.30. The molecule has 0 saturated carbocycles. The van der Waals surface area contributed by atoms with Crippen LogP contribution in [0.2, 0.25) is 0 Å². The molecule has 0 saturated heterocycles. The summed E-state index contributed by atoms with van der Waals surface area (Å²) in [4.78, 5) is 0. The highest BCUT2D eigenvalue weighted by Crippen LogP contribution is 2.14. The number of nitrogens with zero attached hydrogens (tertiary/aromatic N) is 2. The fourth-order valence-electron chi connectivity index (χ4n) is 2.42. The predicted molar refractivity (Wildman–Crippen MR) is 76.4 cm³/mol. The highest BCUT2D eigenvalue weighted by atomic mass is 16.4. The van der Waals surface area contributed by atoms with Gasteiger partial charge in [-0.15, -0.1) is 0 Å². The summed E-state index contributed by atoms with van der Waals surface area (Å²) in [5.74, 6) is 0. The van der Waals surface area contributed by atoms with E-state index in [0.29, 0.717) is 12.0 Å². The molecule has 1 aromatic heterocycles. The number of hydrogen-bond acceptors (Lipinski definition) is 3. The van der Waals surface area contributed by atoms with Gasteiger partial charge in [-0.25, -0.2) is 0 Å².